The third-order valence-corrected chi connectivity index (χ3v) is 5.65. The first-order valence-corrected chi connectivity index (χ1v) is 10.1. The largest absolute Gasteiger partial charge is 0.356 e. The van der Waals surface area contributed by atoms with Crippen molar-refractivity contribution in [1.82, 2.24) is 24.9 Å². The van der Waals surface area contributed by atoms with Gasteiger partial charge in [-0.1, -0.05) is 0 Å². The van der Waals surface area contributed by atoms with Crippen LogP contribution in [-0.4, -0.2) is 64.2 Å². The monoisotopic (exact) mass is 378 g/mol. The SMILES string of the molecule is Cc1cc(N2CCCC2)nc(N2CCN(c3ncnc4cc(C)[nH]c34)CC2)n1. The van der Waals surface area contributed by atoms with E-state index in [1.165, 1.54) is 12.8 Å². The summed E-state index contributed by atoms with van der Waals surface area (Å²) < 4.78 is 0. The highest BCUT2D eigenvalue weighted by Gasteiger charge is 2.23. The molecule has 1 N–H and O–H groups in total. The molecule has 2 saturated heterocycles. The standard InChI is InChI=1S/C20H26N8/c1-14-11-16-18(23-14)19(22-13-21-16)27-7-9-28(10-8-27)20-24-15(2)12-17(25-20)26-5-3-4-6-26/h11-13,23H,3-10H2,1-2H3. The van der Waals surface area contributed by atoms with Gasteiger partial charge in [0.15, 0.2) is 5.82 Å². The van der Waals surface area contributed by atoms with Crippen molar-refractivity contribution in [2.45, 2.75) is 26.7 Å². The summed E-state index contributed by atoms with van der Waals surface area (Å²) in [6, 6.07) is 4.17. The van der Waals surface area contributed by atoms with Crippen LogP contribution < -0.4 is 14.7 Å². The molecule has 0 aliphatic carbocycles. The van der Waals surface area contributed by atoms with E-state index in [9.17, 15) is 0 Å². The molecule has 0 spiro atoms. The average Bonchev–Trinajstić information content (AvgIpc) is 3.36. The Morgan fingerprint density at radius 2 is 1.57 bits per heavy atom. The smallest absolute Gasteiger partial charge is 0.227 e. The summed E-state index contributed by atoms with van der Waals surface area (Å²) in [6.45, 7) is 9.86. The first-order valence-electron chi connectivity index (χ1n) is 10.1. The van der Waals surface area contributed by atoms with Crippen LogP contribution in [0.1, 0.15) is 24.2 Å². The molecule has 3 aromatic rings. The predicted molar refractivity (Wildman–Crippen MR) is 111 cm³/mol. The fourth-order valence-electron chi connectivity index (χ4n) is 4.20. The Morgan fingerprint density at radius 3 is 2.36 bits per heavy atom. The fourth-order valence-corrected chi connectivity index (χ4v) is 4.20. The molecule has 0 saturated carbocycles. The molecule has 8 nitrogen and oxygen atoms in total. The third-order valence-electron chi connectivity index (χ3n) is 5.65. The molecular weight excluding hydrogens is 352 g/mol. The van der Waals surface area contributed by atoms with E-state index in [-0.39, 0.29) is 0 Å². The van der Waals surface area contributed by atoms with E-state index in [0.29, 0.717) is 0 Å². The number of nitrogens with zero attached hydrogens (tertiary/aromatic N) is 7. The van der Waals surface area contributed by atoms with Crippen molar-refractivity contribution in [2.75, 3.05) is 54.0 Å². The Labute approximate surface area is 164 Å². The van der Waals surface area contributed by atoms with Gasteiger partial charge in [-0.2, -0.15) is 4.98 Å². The van der Waals surface area contributed by atoms with Crippen molar-refractivity contribution in [3.63, 3.8) is 0 Å². The maximum absolute atomic E-state index is 4.88. The lowest BCUT2D eigenvalue weighted by molar-refractivity contribution is 0.634. The van der Waals surface area contributed by atoms with Crippen LogP contribution in [0.3, 0.4) is 0 Å². The van der Waals surface area contributed by atoms with E-state index in [0.717, 1.165) is 79.3 Å². The van der Waals surface area contributed by atoms with Crippen LogP contribution in [0.15, 0.2) is 18.5 Å². The number of nitrogens with one attached hydrogen (secondary N) is 1. The second-order valence-electron chi connectivity index (χ2n) is 7.75. The van der Waals surface area contributed by atoms with E-state index in [1.54, 1.807) is 6.33 Å². The normalized spacial score (nSPS) is 17.7. The summed E-state index contributed by atoms with van der Waals surface area (Å²) in [7, 11) is 0. The van der Waals surface area contributed by atoms with E-state index in [1.807, 2.05) is 0 Å². The molecule has 0 aromatic carbocycles. The second kappa shape index (κ2) is 6.92. The molecule has 0 unspecified atom stereocenters. The van der Waals surface area contributed by atoms with Gasteiger partial charge in [0, 0.05) is 56.7 Å². The summed E-state index contributed by atoms with van der Waals surface area (Å²) in [5, 5.41) is 0. The number of aromatic nitrogens is 5. The van der Waals surface area contributed by atoms with Crippen molar-refractivity contribution >= 4 is 28.6 Å². The molecule has 2 fully saturated rings. The number of fused-ring (bicyclic) bond motifs is 1. The number of aryl methyl sites for hydroxylation is 2. The molecule has 3 aromatic heterocycles. The van der Waals surface area contributed by atoms with Crippen LogP contribution in [-0.2, 0) is 0 Å². The third kappa shape index (κ3) is 3.12. The van der Waals surface area contributed by atoms with Crippen LogP contribution in [0.4, 0.5) is 17.6 Å². The minimum absolute atomic E-state index is 0.852. The highest BCUT2D eigenvalue weighted by atomic mass is 15.4. The average molecular weight is 378 g/mol. The maximum atomic E-state index is 4.88. The highest BCUT2D eigenvalue weighted by molar-refractivity contribution is 5.86. The van der Waals surface area contributed by atoms with Gasteiger partial charge < -0.3 is 19.7 Å². The lowest BCUT2D eigenvalue weighted by atomic mass is 10.3. The van der Waals surface area contributed by atoms with Crippen molar-refractivity contribution in [1.29, 1.82) is 0 Å². The lowest BCUT2D eigenvalue weighted by Gasteiger charge is -2.35. The van der Waals surface area contributed by atoms with Gasteiger partial charge in [0.25, 0.3) is 0 Å². The molecule has 2 aliphatic rings. The Balaban J connectivity index is 1.34. The summed E-state index contributed by atoms with van der Waals surface area (Å²) in [6.07, 6.45) is 4.16. The summed E-state index contributed by atoms with van der Waals surface area (Å²) in [5.41, 5.74) is 4.14. The molecule has 0 amide bonds. The van der Waals surface area contributed by atoms with Gasteiger partial charge in [-0.05, 0) is 32.8 Å². The number of H-pyrrole nitrogens is 1. The van der Waals surface area contributed by atoms with Gasteiger partial charge in [-0.3, -0.25) is 0 Å². The summed E-state index contributed by atoms with van der Waals surface area (Å²) >= 11 is 0. The summed E-state index contributed by atoms with van der Waals surface area (Å²) in [5.74, 6) is 2.91. The van der Waals surface area contributed by atoms with Gasteiger partial charge in [-0.15, -0.1) is 0 Å². The van der Waals surface area contributed by atoms with Gasteiger partial charge >= 0.3 is 0 Å². The van der Waals surface area contributed by atoms with Gasteiger partial charge in [0.1, 0.15) is 17.7 Å². The van der Waals surface area contributed by atoms with E-state index < -0.39 is 0 Å². The van der Waals surface area contributed by atoms with Crippen LogP contribution in [0.5, 0.6) is 0 Å². The van der Waals surface area contributed by atoms with Crippen molar-refractivity contribution in [3.05, 3.63) is 29.8 Å². The van der Waals surface area contributed by atoms with Crippen molar-refractivity contribution in [2.24, 2.45) is 0 Å². The highest BCUT2D eigenvalue weighted by Crippen LogP contribution is 2.26. The van der Waals surface area contributed by atoms with Crippen molar-refractivity contribution < 1.29 is 0 Å². The molecule has 5 rings (SSSR count). The molecule has 2 aliphatic heterocycles. The Bertz CT molecular complexity index is 983. The number of piperazine rings is 1. The second-order valence-corrected chi connectivity index (χ2v) is 7.75. The predicted octanol–water partition coefficient (Wildman–Crippen LogP) is 2.29. The minimum atomic E-state index is 0.852. The molecule has 0 atom stereocenters. The van der Waals surface area contributed by atoms with Crippen LogP contribution in [0.25, 0.3) is 11.0 Å². The lowest BCUT2D eigenvalue weighted by Crippen LogP contribution is -2.47. The Kier molecular flexibility index (Phi) is 4.26. The van der Waals surface area contributed by atoms with Crippen LogP contribution in [0, 0.1) is 13.8 Å². The summed E-state index contributed by atoms with van der Waals surface area (Å²) in [4.78, 5) is 28.9. The number of aromatic amines is 1. The van der Waals surface area contributed by atoms with E-state index >= 15 is 0 Å². The topological polar surface area (TPSA) is 77.1 Å². The van der Waals surface area contributed by atoms with Crippen molar-refractivity contribution in [3.8, 4) is 0 Å². The Hall–Kier alpha value is -2.90. The zero-order valence-corrected chi connectivity index (χ0v) is 16.5. The van der Waals surface area contributed by atoms with Gasteiger partial charge in [0.05, 0.1) is 5.52 Å². The zero-order chi connectivity index (χ0) is 19.1. The van der Waals surface area contributed by atoms with Gasteiger partial charge in [0.2, 0.25) is 5.95 Å². The maximum Gasteiger partial charge on any atom is 0.227 e. The molecule has 8 heteroatoms. The first kappa shape index (κ1) is 17.2. The molecule has 0 radical (unpaired) electrons. The number of rotatable bonds is 3. The van der Waals surface area contributed by atoms with Crippen LogP contribution >= 0.6 is 0 Å². The fraction of sp³-hybridized carbons (Fsp3) is 0.500. The quantitative estimate of drug-likeness (QED) is 0.749. The molecular formula is C20H26N8. The van der Waals surface area contributed by atoms with E-state index in [2.05, 4.69) is 55.6 Å². The van der Waals surface area contributed by atoms with E-state index in [4.69, 9.17) is 9.97 Å². The molecule has 146 valence electrons. The number of anilines is 3. The minimum Gasteiger partial charge on any atom is -0.356 e. The van der Waals surface area contributed by atoms with Gasteiger partial charge in [-0.25, -0.2) is 15.0 Å². The molecule has 28 heavy (non-hydrogen) atoms. The molecule has 0 bridgehead atoms. The Morgan fingerprint density at radius 1 is 0.821 bits per heavy atom. The number of hydrogen-bond donors (Lipinski definition) is 1. The number of hydrogen-bond acceptors (Lipinski definition) is 7. The van der Waals surface area contributed by atoms with Crippen LogP contribution in [0.2, 0.25) is 0 Å². The molecule has 5 heterocycles. The zero-order valence-electron chi connectivity index (χ0n) is 16.5. The first-order chi connectivity index (χ1) is 13.7.